The van der Waals surface area contributed by atoms with E-state index in [0.29, 0.717) is 18.7 Å². The minimum Gasteiger partial charge on any atom is -0.492 e. The molecule has 0 saturated heterocycles. The molecule has 0 aromatic heterocycles. The fourth-order valence-electron chi connectivity index (χ4n) is 2.08. The highest BCUT2D eigenvalue weighted by Crippen LogP contribution is 2.09. The van der Waals surface area contributed by atoms with Crippen molar-refractivity contribution in [1.82, 2.24) is 10.6 Å². The van der Waals surface area contributed by atoms with Gasteiger partial charge >= 0.3 is 0 Å². The van der Waals surface area contributed by atoms with Crippen molar-refractivity contribution in [3.05, 3.63) is 65.2 Å². The van der Waals surface area contributed by atoms with Crippen LogP contribution in [0.15, 0.2) is 48.5 Å². The van der Waals surface area contributed by atoms with Crippen LogP contribution in [0.1, 0.15) is 21.5 Å². The predicted octanol–water partition coefficient (Wildman–Crippen LogP) is 2.23. The highest BCUT2D eigenvalue weighted by Gasteiger charge is 2.08. The van der Waals surface area contributed by atoms with E-state index >= 15 is 0 Å². The average Bonchev–Trinajstić information content (AvgIpc) is 2.60. The maximum Gasteiger partial charge on any atom is 0.251 e. The molecule has 0 aliphatic carbocycles. The number of ether oxygens (including phenoxy) is 1. The van der Waals surface area contributed by atoms with Gasteiger partial charge in [0.15, 0.2) is 0 Å². The van der Waals surface area contributed by atoms with Crippen molar-refractivity contribution >= 4 is 11.8 Å². The van der Waals surface area contributed by atoms with E-state index in [0.717, 1.165) is 16.9 Å². The summed E-state index contributed by atoms with van der Waals surface area (Å²) >= 11 is 0. The van der Waals surface area contributed by atoms with Gasteiger partial charge < -0.3 is 15.4 Å². The quantitative estimate of drug-likeness (QED) is 0.767. The summed E-state index contributed by atoms with van der Waals surface area (Å²) in [4.78, 5) is 23.7. The number of carbonyl (C=O) groups is 2. The minimum atomic E-state index is -0.256. The number of hydrogen-bond donors (Lipinski definition) is 2. The zero-order valence-corrected chi connectivity index (χ0v) is 14.0. The number of para-hydroxylation sites is 1. The second kappa shape index (κ2) is 8.72. The lowest BCUT2D eigenvalue weighted by Crippen LogP contribution is -2.38. The number of amides is 2. The van der Waals surface area contributed by atoms with Crippen molar-refractivity contribution in [3.63, 3.8) is 0 Å². The first kappa shape index (κ1) is 17.5. The van der Waals surface area contributed by atoms with Crippen LogP contribution in [-0.4, -0.2) is 31.5 Å². The van der Waals surface area contributed by atoms with Crippen molar-refractivity contribution in [2.24, 2.45) is 0 Å². The number of rotatable bonds is 7. The Hall–Kier alpha value is -2.82. The molecule has 0 aliphatic rings. The Morgan fingerprint density at radius 1 is 0.958 bits per heavy atom. The van der Waals surface area contributed by atoms with Crippen LogP contribution in [0.2, 0.25) is 0 Å². The fourth-order valence-corrected chi connectivity index (χ4v) is 2.08. The third kappa shape index (κ3) is 5.43. The van der Waals surface area contributed by atoms with Gasteiger partial charge in [-0.1, -0.05) is 24.3 Å². The molecule has 0 unspecified atom stereocenters. The molecule has 2 aromatic rings. The standard InChI is InChI=1S/C19H22N2O3/c1-14-8-9-16(12-15(14)2)19(23)21-13-18(22)20-10-11-24-17-6-4-3-5-7-17/h3-9,12H,10-11,13H2,1-2H3,(H,20,22)(H,21,23). The van der Waals surface area contributed by atoms with Crippen LogP contribution in [0.4, 0.5) is 0 Å². The summed E-state index contributed by atoms with van der Waals surface area (Å²) in [5.74, 6) is 0.257. The second-order valence-corrected chi connectivity index (χ2v) is 5.49. The van der Waals surface area contributed by atoms with E-state index in [1.54, 1.807) is 6.07 Å². The third-order valence-electron chi connectivity index (χ3n) is 3.61. The molecule has 126 valence electrons. The molecule has 0 radical (unpaired) electrons. The van der Waals surface area contributed by atoms with Gasteiger partial charge in [0, 0.05) is 5.56 Å². The molecule has 2 rings (SSSR count). The second-order valence-electron chi connectivity index (χ2n) is 5.49. The molecular weight excluding hydrogens is 304 g/mol. The molecule has 24 heavy (non-hydrogen) atoms. The zero-order chi connectivity index (χ0) is 17.4. The molecule has 5 heteroatoms. The van der Waals surface area contributed by atoms with Gasteiger partial charge in [0.2, 0.25) is 5.91 Å². The topological polar surface area (TPSA) is 67.4 Å². The van der Waals surface area contributed by atoms with E-state index in [2.05, 4.69) is 10.6 Å². The summed E-state index contributed by atoms with van der Waals surface area (Å²) in [6.45, 7) is 4.64. The summed E-state index contributed by atoms with van der Waals surface area (Å²) in [5.41, 5.74) is 2.73. The molecular formula is C19H22N2O3. The summed E-state index contributed by atoms with van der Waals surface area (Å²) in [6.07, 6.45) is 0. The number of benzene rings is 2. The van der Waals surface area contributed by atoms with Crippen LogP contribution in [0.3, 0.4) is 0 Å². The lowest BCUT2D eigenvalue weighted by atomic mass is 10.1. The first-order chi connectivity index (χ1) is 11.6. The van der Waals surface area contributed by atoms with E-state index in [1.165, 1.54) is 0 Å². The Kier molecular flexibility index (Phi) is 6.37. The molecule has 0 fully saturated rings. The molecule has 2 N–H and O–H groups in total. The number of carbonyl (C=O) groups excluding carboxylic acids is 2. The van der Waals surface area contributed by atoms with Gasteiger partial charge in [-0.05, 0) is 49.2 Å². The van der Waals surface area contributed by atoms with Crippen LogP contribution in [0.5, 0.6) is 5.75 Å². The smallest absolute Gasteiger partial charge is 0.251 e. The highest BCUT2D eigenvalue weighted by molar-refractivity contribution is 5.96. The molecule has 0 saturated carbocycles. The van der Waals surface area contributed by atoms with Gasteiger partial charge in [0.05, 0.1) is 13.1 Å². The third-order valence-corrected chi connectivity index (χ3v) is 3.61. The Morgan fingerprint density at radius 2 is 1.71 bits per heavy atom. The number of hydrogen-bond acceptors (Lipinski definition) is 3. The molecule has 2 aromatic carbocycles. The monoisotopic (exact) mass is 326 g/mol. The van der Waals surface area contributed by atoms with Crippen LogP contribution in [0.25, 0.3) is 0 Å². The van der Waals surface area contributed by atoms with E-state index in [9.17, 15) is 9.59 Å². The van der Waals surface area contributed by atoms with E-state index < -0.39 is 0 Å². The maximum absolute atomic E-state index is 12.0. The zero-order valence-electron chi connectivity index (χ0n) is 14.0. The van der Waals surface area contributed by atoms with Crippen molar-refractivity contribution < 1.29 is 14.3 Å². The highest BCUT2D eigenvalue weighted by atomic mass is 16.5. The number of aryl methyl sites for hydroxylation is 2. The van der Waals surface area contributed by atoms with Crippen molar-refractivity contribution in [2.75, 3.05) is 19.7 Å². The predicted molar refractivity (Wildman–Crippen MR) is 93.2 cm³/mol. The van der Waals surface area contributed by atoms with Gasteiger partial charge in [-0.25, -0.2) is 0 Å². The van der Waals surface area contributed by atoms with Crippen LogP contribution < -0.4 is 15.4 Å². The summed E-state index contributed by atoms with van der Waals surface area (Å²) < 4.78 is 5.47. The molecule has 0 bridgehead atoms. The lowest BCUT2D eigenvalue weighted by molar-refractivity contribution is -0.120. The summed E-state index contributed by atoms with van der Waals surface area (Å²) in [6, 6.07) is 14.8. The molecule has 0 atom stereocenters. The normalized spacial score (nSPS) is 10.1. The van der Waals surface area contributed by atoms with E-state index in [-0.39, 0.29) is 18.4 Å². The molecule has 2 amide bonds. The Labute approximate surface area is 142 Å². The Morgan fingerprint density at radius 3 is 2.42 bits per heavy atom. The van der Waals surface area contributed by atoms with Crippen molar-refractivity contribution in [3.8, 4) is 5.75 Å². The summed E-state index contributed by atoms with van der Waals surface area (Å²) in [7, 11) is 0. The average molecular weight is 326 g/mol. The Bertz CT molecular complexity index is 699. The van der Waals surface area contributed by atoms with Crippen LogP contribution in [0, 0.1) is 13.8 Å². The SMILES string of the molecule is Cc1ccc(C(=O)NCC(=O)NCCOc2ccccc2)cc1C. The number of nitrogens with one attached hydrogen (secondary N) is 2. The molecule has 0 spiro atoms. The van der Waals surface area contributed by atoms with E-state index in [1.807, 2.05) is 56.3 Å². The Balaban J connectivity index is 1.67. The van der Waals surface area contributed by atoms with Gasteiger partial charge in [-0.3, -0.25) is 9.59 Å². The van der Waals surface area contributed by atoms with Crippen LogP contribution in [-0.2, 0) is 4.79 Å². The molecule has 0 aliphatic heterocycles. The first-order valence-electron chi connectivity index (χ1n) is 7.86. The van der Waals surface area contributed by atoms with Gasteiger partial charge in [-0.2, -0.15) is 0 Å². The molecule has 5 nitrogen and oxygen atoms in total. The largest absolute Gasteiger partial charge is 0.492 e. The minimum absolute atomic E-state index is 0.0584. The summed E-state index contributed by atoms with van der Waals surface area (Å²) in [5, 5.41) is 5.31. The van der Waals surface area contributed by atoms with Gasteiger partial charge in [0.25, 0.3) is 5.91 Å². The maximum atomic E-state index is 12.0. The van der Waals surface area contributed by atoms with Crippen molar-refractivity contribution in [1.29, 1.82) is 0 Å². The lowest BCUT2D eigenvalue weighted by Gasteiger charge is -2.09. The van der Waals surface area contributed by atoms with E-state index in [4.69, 9.17) is 4.74 Å². The van der Waals surface area contributed by atoms with Gasteiger partial charge in [0.1, 0.15) is 12.4 Å². The first-order valence-corrected chi connectivity index (χ1v) is 7.86. The fraction of sp³-hybridized carbons (Fsp3) is 0.263. The van der Waals surface area contributed by atoms with Crippen LogP contribution >= 0.6 is 0 Å². The van der Waals surface area contributed by atoms with Gasteiger partial charge in [-0.15, -0.1) is 0 Å². The molecule has 0 heterocycles. The van der Waals surface area contributed by atoms with Crippen molar-refractivity contribution in [2.45, 2.75) is 13.8 Å².